The third kappa shape index (κ3) is 5.67. The first-order chi connectivity index (χ1) is 11.3. The first-order valence-electron chi connectivity index (χ1n) is 6.73. The summed E-state index contributed by atoms with van der Waals surface area (Å²) in [5.41, 5.74) is -1.51. The topological polar surface area (TPSA) is 127 Å². The summed E-state index contributed by atoms with van der Waals surface area (Å²) < 4.78 is 31.1. The molecular weight excluding hydrogens is 397 g/mol. The number of carboxylic acids is 1. The Hall–Kier alpha value is -1.68. The smallest absolute Gasteiger partial charge is 0.376 e. The van der Waals surface area contributed by atoms with Crippen molar-refractivity contribution in [2.24, 2.45) is 0 Å². The van der Waals surface area contributed by atoms with Crippen molar-refractivity contribution in [1.82, 2.24) is 4.72 Å². The zero-order chi connectivity index (χ0) is 19.6. The van der Waals surface area contributed by atoms with Gasteiger partial charge in [-0.2, -0.15) is 0 Å². The van der Waals surface area contributed by atoms with Gasteiger partial charge in [0.2, 0.25) is 10.0 Å². The molecule has 0 saturated heterocycles. The van der Waals surface area contributed by atoms with Crippen LogP contribution in [0.1, 0.15) is 31.1 Å². The van der Waals surface area contributed by atoms with Crippen LogP contribution in [0.5, 0.6) is 0 Å². The van der Waals surface area contributed by atoms with Gasteiger partial charge in [-0.05, 0) is 32.9 Å². The molecule has 1 aromatic rings. The van der Waals surface area contributed by atoms with E-state index >= 15 is 0 Å². The van der Waals surface area contributed by atoms with E-state index in [9.17, 15) is 22.8 Å². The number of aromatic carboxylic acids is 1. The van der Waals surface area contributed by atoms with Crippen LogP contribution in [0.15, 0.2) is 17.0 Å². The van der Waals surface area contributed by atoms with Gasteiger partial charge in [-0.25, -0.2) is 22.7 Å². The van der Waals surface area contributed by atoms with Gasteiger partial charge >= 0.3 is 11.9 Å². The maximum atomic E-state index is 12.2. The van der Waals surface area contributed by atoms with Crippen LogP contribution >= 0.6 is 23.2 Å². The Morgan fingerprint density at radius 2 is 1.76 bits per heavy atom. The van der Waals surface area contributed by atoms with Crippen LogP contribution in [-0.2, 0) is 24.3 Å². The first kappa shape index (κ1) is 21.4. The fourth-order valence-corrected chi connectivity index (χ4v) is 3.48. The van der Waals surface area contributed by atoms with Crippen molar-refractivity contribution in [3.05, 3.63) is 27.7 Å². The number of carboxylic acid groups (broad SMARTS) is 1. The lowest BCUT2D eigenvalue weighted by molar-refractivity contribution is -0.162. The van der Waals surface area contributed by atoms with Crippen LogP contribution in [0.4, 0.5) is 0 Å². The zero-order valence-electron chi connectivity index (χ0n) is 13.4. The van der Waals surface area contributed by atoms with E-state index in [4.69, 9.17) is 33.0 Å². The Morgan fingerprint density at radius 3 is 2.24 bits per heavy atom. The van der Waals surface area contributed by atoms with Gasteiger partial charge in [-0.3, -0.25) is 4.79 Å². The number of rotatable bonds is 6. The minimum Gasteiger partial charge on any atom is -0.478 e. The van der Waals surface area contributed by atoms with E-state index in [1.165, 1.54) is 0 Å². The lowest BCUT2D eigenvalue weighted by atomic mass is 10.2. The van der Waals surface area contributed by atoms with E-state index in [-0.39, 0.29) is 5.02 Å². The summed E-state index contributed by atoms with van der Waals surface area (Å²) >= 11 is 11.5. The van der Waals surface area contributed by atoms with Crippen molar-refractivity contribution in [3.63, 3.8) is 0 Å². The van der Waals surface area contributed by atoms with E-state index in [2.05, 4.69) is 0 Å². The van der Waals surface area contributed by atoms with E-state index in [1.54, 1.807) is 20.8 Å². The summed E-state index contributed by atoms with van der Waals surface area (Å²) in [6, 6.07) is 2.03. The monoisotopic (exact) mass is 411 g/mol. The summed E-state index contributed by atoms with van der Waals surface area (Å²) in [4.78, 5) is 33.7. The minimum atomic E-state index is -4.37. The van der Waals surface area contributed by atoms with Crippen molar-refractivity contribution in [1.29, 1.82) is 0 Å². The number of Topliss-reactive ketones (excluding diaryl/α,β-unsaturated/α-hetero) is 1. The van der Waals surface area contributed by atoms with Gasteiger partial charge in [0, 0.05) is 0 Å². The van der Waals surface area contributed by atoms with E-state index in [0.29, 0.717) is 0 Å². The predicted octanol–water partition coefficient (Wildman–Crippen LogP) is 1.88. The molecule has 11 heteroatoms. The molecule has 0 spiro atoms. The maximum Gasteiger partial charge on any atom is 0.376 e. The number of esters is 1. The molecule has 0 radical (unpaired) electrons. The minimum absolute atomic E-state index is 0.249. The van der Waals surface area contributed by atoms with Crippen molar-refractivity contribution >= 4 is 50.9 Å². The van der Waals surface area contributed by atoms with E-state index in [1.807, 2.05) is 4.72 Å². The first-order valence-corrected chi connectivity index (χ1v) is 8.97. The van der Waals surface area contributed by atoms with Gasteiger partial charge in [0.25, 0.3) is 5.78 Å². The standard InChI is InChI=1S/C14H15Cl2NO7S/c1-14(2,3)24-13(21)8(18)6-17-25(22,23)9-5-4-7(15)10(11(9)16)12(19)20/h4-5,17H,6H2,1-3H3,(H,19,20). The molecule has 2 N–H and O–H groups in total. The van der Waals surface area contributed by atoms with Gasteiger partial charge in [-0.15, -0.1) is 0 Å². The highest BCUT2D eigenvalue weighted by atomic mass is 35.5. The molecule has 0 aliphatic rings. The summed E-state index contributed by atoms with van der Waals surface area (Å²) in [5, 5.41) is 8.17. The second-order valence-electron chi connectivity index (χ2n) is 5.79. The number of ether oxygens (including phenoxy) is 1. The average Bonchev–Trinajstić information content (AvgIpc) is 2.42. The van der Waals surface area contributed by atoms with Gasteiger partial charge in [0.15, 0.2) is 0 Å². The molecule has 0 unspecified atom stereocenters. The second kappa shape index (κ2) is 7.69. The molecule has 0 fully saturated rings. The molecule has 0 aromatic heterocycles. The fourth-order valence-electron chi connectivity index (χ4n) is 1.58. The predicted molar refractivity (Wildman–Crippen MR) is 89.5 cm³/mol. The lowest BCUT2D eigenvalue weighted by Gasteiger charge is -2.18. The molecular formula is C14H15Cl2NO7S. The number of carbonyl (C=O) groups excluding carboxylic acids is 2. The van der Waals surface area contributed by atoms with Gasteiger partial charge < -0.3 is 9.84 Å². The van der Waals surface area contributed by atoms with E-state index < -0.39 is 55.4 Å². The molecule has 0 bridgehead atoms. The average molecular weight is 412 g/mol. The molecule has 0 heterocycles. The number of carbonyl (C=O) groups is 3. The molecule has 0 amide bonds. The van der Waals surface area contributed by atoms with Crippen LogP contribution in [-0.4, -0.2) is 43.4 Å². The highest BCUT2D eigenvalue weighted by Crippen LogP contribution is 2.30. The molecule has 25 heavy (non-hydrogen) atoms. The van der Waals surface area contributed by atoms with Crippen molar-refractivity contribution in [2.45, 2.75) is 31.3 Å². The molecule has 0 aliphatic carbocycles. The Labute approximate surface area is 154 Å². The second-order valence-corrected chi connectivity index (χ2v) is 8.31. The number of ketones is 1. The number of hydrogen-bond acceptors (Lipinski definition) is 6. The molecule has 8 nitrogen and oxygen atoms in total. The van der Waals surface area contributed by atoms with Gasteiger partial charge in [0.1, 0.15) is 10.5 Å². The van der Waals surface area contributed by atoms with Crippen molar-refractivity contribution in [2.75, 3.05) is 6.54 Å². The van der Waals surface area contributed by atoms with E-state index in [0.717, 1.165) is 12.1 Å². The van der Waals surface area contributed by atoms with Crippen LogP contribution in [0.25, 0.3) is 0 Å². The number of nitrogens with one attached hydrogen (secondary N) is 1. The number of hydrogen-bond donors (Lipinski definition) is 2. The number of sulfonamides is 1. The van der Waals surface area contributed by atoms with Crippen LogP contribution < -0.4 is 4.72 Å². The molecule has 1 aromatic carbocycles. The van der Waals surface area contributed by atoms with Crippen LogP contribution in [0.3, 0.4) is 0 Å². The van der Waals surface area contributed by atoms with Crippen molar-refractivity contribution < 1.29 is 32.6 Å². The Kier molecular flexibility index (Phi) is 6.57. The molecule has 138 valence electrons. The quantitative estimate of drug-likeness (QED) is 0.540. The summed E-state index contributed by atoms with van der Waals surface area (Å²) in [6.45, 7) is 3.76. The molecule has 1 rings (SSSR count). The number of benzene rings is 1. The Bertz CT molecular complexity index is 828. The Morgan fingerprint density at radius 1 is 1.20 bits per heavy atom. The zero-order valence-corrected chi connectivity index (χ0v) is 15.8. The lowest BCUT2D eigenvalue weighted by Crippen LogP contribution is -2.37. The normalized spacial score (nSPS) is 11.9. The third-order valence-corrected chi connectivity index (χ3v) is 4.87. The molecule has 0 aliphatic heterocycles. The summed E-state index contributed by atoms with van der Waals surface area (Å²) in [7, 11) is -4.37. The van der Waals surface area contributed by atoms with Gasteiger partial charge in [-0.1, -0.05) is 23.2 Å². The maximum absolute atomic E-state index is 12.2. The van der Waals surface area contributed by atoms with Gasteiger partial charge in [0.05, 0.1) is 22.2 Å². The largest absolute Gasteiger partial charge is 0.478 e. The van der Waals surface area contributed by atoms with Crippen LogP contribution in [0, 0.1) is 0 Å². The third-order valence-electron chi connectivity index (χ3n) is 2.61. The van der Waals surface area contributed by atoms with Crippen LogP contribution in [0.2, 0.25) is 10.0 Å². The highest BCUT2D eigenvalue weighted by Gasteiger charge is 2.27. The van der Waals surface area contributed by atoms with Crippen molar-refractivity contribution in [3.8, 4) is 0 Å². The Balaban J connectivity index is 3.01. The SMILES string of the molecule is CC(C)(C)OC(=O)C(=O)CNS(=O)(=O)c1ccc(Cl)c(C(=O)O)c1Cl. The summed E-state index contributed by atoms with van der Waals surface area (Å²) in [5.74, 6) is -3.84. The highest BCUT2D eigenvalue weighted by molar-refractivity contribution is 7.89. The molecule has 0 atom stereocenters. The fraction of sp³-hybridized carbons (Fsp3) is 0.357. The number of halogens is 2. The molecule has 0 saturated carbocycles. The summed E-state index contributed by atoms with van der Waals surface area (Å²) in [6.07, 6.45) is 0.